The zero-order chi connectivity index (χ0) is 16.4. The summed E-state index contributed by atoms with van der Waals surface area (Å²) in [7, 11) is 0. The number of hydrogen-bond acceptors (Lipinski definition) is 4. The van der Waals surface area contributed by atoms with Crippen LogP contribution in [-0.4, -0.2) is 20.9 Å². The first kappa shape index (κ1) is 15.3. The molecule has 0 radical (unpaired) electrons. The van der Waals surface area contributed by atoms with E-state index in [0.717, 1.165) is 0 Å². The third-order valence-corrected chi connectivity index (χ3v) is 3.66. The lowest BCUT2D eigenvalue weighted by Crippen LogP contribution is -2.15. The third-order valence-electron chi connectivity index (χ3n) is 3.09. The number of halogens is 2. The molecule has 0 saturated heterocycles. The van der Waals surface area contributed by atoms with Crippen molar-refractivity contribution < 1.29 is 4.79 Å². The summed E-state index contributed by atoms with van der Waals surface area (Å²) >= 11 is 12.0. The molecule has 3 rings (SSSR count). The van der Waals surface area contributed by atoms with Crippen LogP contribution in [0.1, 0.15) is 10.5 Å². The van der Waals surface area contributed by atoms with Crippen LogP contribution in [0.25, 0.3) is 5.69 Å². The summed E-state index contributed by atoms with van der Waals surface area (Å²) < 4.78 is 1.34. The van der Waals surface area contributed by atoms with Gasteiger partial charge in [-0.3, -0.25) is 4.79 Å². The number of nitrogens with two attached hydrogens (primary N) is 1. The van der Waals surface area contributed by atoms with Crippen molar-refractivity contribution in [3.05, 3.63) is 64.3 Å². The van der Waals surface area contributed by atoms with Gasteiger partial charge in [0.25, 0.3) is 5.91 Å². The molecule has 0 aliphatic rings. The van der Waals surface area contributed by atoms with Crippen molar-refractivity contribution in [2.45, 2.75) is 0 Å². The molecule has 0 atom stereocenters. The Balaban J connectivity index is 1.90. The predicted molar refractivity (Wildman–Crippen MR) is 90.2 cm³/mol. The van der Waals surface area contributed by atoms with Gasteiger partial charge in [0.15, 0.2) is 11.5 Å². The zero-order valence-corrected chi connectivity index (χ0v) is 13.2. The molecule has 6 nitrogen and oxygen atoms in total. The first-order chi connectivity index (χ1) is 11.1. The van der Waals surface area contributed by atoms with E-state index in [4.69, 9.17) is 28.9 Å². The smallest absolute Gasteiger partial charge is 0.280 e. The van der Waals surface area contributed by atoms with Gasteiger partial charge in [-0.1, -0.05) is 46.6 Å². The van der Waals surface area contributed by atoms with E-state index in [0.29, 0.717) is 21.4 Å². The molecule has 0 spiro atoms. The van der Waals surface area contributed by atoms with Gasteiger partial charge < -0.3 is 11.1 Å². The minimum atomic E-state index is -0.496. The molecule has 0 aliphatic heterocycles. The van der Waals surface area contributed by atoms with Crippen molar-refractivity contribution >= 4 is 40.6 Å². The van der Waals surface area contributed by atoms with Gasteiger partial charge in [-0.25, -0.2) is 0 Å². The van der Waals surface area contributed by atoms with Crippen molar-refractivity contribution in [1.29, 1.82) is 0 Å². The topological polar surface area (TPSA) is 85.8 Å². The lowest BCUT2D eigenvalue weighted by atomic mass is 10.3. The predicted octanol–water partition coefficient (Wildman–Crippen LogP) is 3.41. The summed E-state index contributed by atoms with van der Waals surface area (Å²) in [5, 5.41) is 11.3. The minimum Gasteiger partial charge on any atom is -0.382 e. The van der Waals surface area contributed by atoms with Gasteiger partial charge in [0.05, 0.1) is 16.4 Å². The van der Waals surface area contributed by atoms with Crippen molar-refractivity contribution in [3.8, 4) is 5.69 Å². The fourth-order valence-corrected chi connectivity index (χ4v) is 2.36. The van der Waals surface area contributed by atoms with Crippen molar-refractivity contribution in [2.24, 2.45) is 0 Å². The number of carbonyl (C=O) groups is 1. The Morgan fingerprint density at radius 3 is 2.65 bits per heavy atom. The molecule has 116 valence electrons. The fraction of sp³-hybridized carbons (Fsp3) is 0. The van der Waals surface area contributed by atoms with Crippen LogP contribution in [0.2, 0.25) is 10.0 Å². The highest BCUT2D eigenvalue weighted by molar-refractivity contribution is 6.34. The number of hydrogen-bond donors (Lipinski definition) is 2. The minimum absolute atomic E-state index is 0.00453. The molecule has 8 heteroatoms. The molecular formula is C15H11Cl2N5O. The third kappa shape index (κ3) is 3.13. The van der Waals surface area contributed by atoms with E-state index in [-0.39, 0.29) is 11.5 Å². The second-order valence-corrected chi connectivity index (χ2v) is 5.49. The van der Waals surface area contributed by atoms with Crippen LogP contribution in [0, 0.1) is 0 Å². The van der Waals surface area contributed by atoms with E-state index in [2.05, 4.69) is 15.6 Å². The highest BCUT2D eigenvalue weighted by Gasteiger charge is 2.19. The van der Waals surface area contributed by atoms with E-state index in [1.54, 1.807) is 48.5 Å². The number of aromatic nitrogens is 3. The highest BCUT2D eigenvalue weighted by atomic mass is 35.5. The number of carbonyl (C=O) groups excluding carboxylic acids is 1. The zero-order valence-electron chi connectivity index (χ0n) is 11.7. The largest absolute Gasteiger partial charge is 0.382 e. The van der Waals surface area contributed by atoms with E-state index < -0.39 is 5.91 Å². The van der Waals surface area contributed by atoms with Gasteiger partial charge in [-0.2, -0.15) is 4.68 Å². The molecule has 0 unspecified atom stereocenters. The van der Waals surface area contributed by atoms with Gasteiger partial charge in [-0.05, 0) is 30.3 Å². The van der Waals surface area contributed by atoms with Gasteiger partial charge in [0, 0.05) is 5.02 Å². The number of rotatable bonds is 3. The first-order valence-electron chi connectivity index (χ1n) is 6.59. The molecule has 0 aliphatic carbocycles. The lowest BCUT2D eigenvalue weighted by Gasteiger charge is -2.06. The Bertz CT molecular complexity index is 878. The molecule has 2 aromatic carbocycles. The Hall–Kier alpha value is -2.57. The number of para-hydroxylation sites is 1. The second-order valence-electron chi connectivity index (χ2n) is 4.65. The average Bonchev–Trinajstić information content (AvgIpc) is 2.91. The SMILES string of the molecule is Nc1c(C(=O)Nc2ccccc2Cl)nnn1-c1cccc(Cl)c1. The fourth-order valence-electron chi connectivity index (χ4n) is 1.99. The second kappa shape index (κ2) is 6.28. The Kier molecular flexibility index (Phi) is 4.18. The molecule has 3 N–H and O–H groups in total. The molecule has 1 aromatic heterocycles. The van der Waals surface area contributed by atoms with Crippen LogP contribution in [0.4, 0.5) is 11.5 Å². The number of nitrogens with one attached hydrogen (secondary N) is 1. The Morgan fingerprint density at radius 2 is 1.91 bits per heavy atom. The van der Waals surface area contributed by atoms with Crippen molar-refractivity contribution in [2.75, 3.05) is 11.1 Å². The summed E-state index contributed by atoms with van der Waals surface area (Å²) in [5.41, 5.74) is 7.06. The molecule has 1 amide bonds. The normalized spacial score (nSPS) is 10.5. The summed E-state index contributed by atoms with van der Waals surface area (Å²) in [6.07, 6.45) is 0. The maximum atomic E-state index is 12.3. The molecule has 0 fully saturated rings. The van der Waals surface area contributed by atoms with Gasteiger partial charge >= 0.3 is 0 Å². The maximum Gasteiger partial charge on any atom is 0.280 e. The monoisotopic (exact) mass is 347 g/mol. The summed E-state index contributed by atoms with van der Waals surface area (Å²) in [6.45, 7) is 0. The van der Waals surface area contributed by atoms with Gasteiger partial charge in [0.1, 0.15) is 0 Å². The van der Waals surface area contributed by atoms with Crippen molar-refractivity contribution in [1.82, 2.24) is 15.0 Å². The molecule has 0 saturated carbocycles. The molecule has 1 heterocycles. The standard InChI is InChI=1S/C15H11Cl2N5O/c16-9-4-3-5-10(8-9)22-14(18)13(20-21-22)15(23)19-12-7-2-1-6-11(12)17/h1-8H,18H2,(H,19,23). The lowest BCUT2D eigenvalue weighted by molar-refractivity contribution is 0.102. The van der Waals surface area contributed by atoms with Gasteiger partial charge in [0.2, 0.25) is 0 Å². The number of anilines is 2. The number of nitrogens with zero attached hydrogens (tertiary/aromatic N) is 3. The van der Waals surface area contributed by atoms with Crippen LogP contribution in [0.15, 0.2) is 48.5 Å². The molecule has 0 bridgehead atoms. The highest BCUT2D eigenvalue weighted by Crippen LogP contribution is 2.23. The van der Waals surface area contributed by atoms with Crippen LogP contribution in [0.5, 0.6) is 0 Å². The van der Waals surface area contributed by atoms with E-state index in [1.165, 1.54) is 4.68 Å². The molecule has 23 heavy (non-hydrogen) atoms. The number of amides is 1. The summed E-state index contributed by atoms with van der Waals surface area (Å²) in [6, 6.07) is 13.8. The van der Waals surface area contributed by atoms with E-state index >= 15 is 0 Å². The molecular weight excluding hydrogens is 337 g/mol. The van der Waals surface area contributed by atoms with Crippen LogP contribution < -0.4 is 11.1 Å². The average molecular weight is 348 g/mol. The maximum absolute atomic E-state index is 12.3. The van der Waals surface area contributed by atoms with Crippen LogP contribution >= 0.6 is 23.2 Å². The van der Waals surface area contributed by atoms with Crippen LogP contribution in [0.3, 0.4) is 0 Å². The Labute approximate surface area is 141 Å². The Morgan fingerprint density at radius 1 is 1.13 bits per heavy atom. The molecule has 3 aromatic rings. The van der Waals surface area contributed by atoms with E-state index in [1.807, 2.05) is 0 Å². The van der Waals surface area contributed by atoms with Crippen LogP contribution in [-0.2, 0) is 0 Å². The summed E-state index contributed by atoms with van der Waals surface area (Å²) in [5.74, 6) is -0.388. The quantitative estimate of drug-likeness (QED) is 0.760. The number of nitrogen functional groups attached to an aromatic ring is 1. The number of benzene rings is 2. The first-order valence-corrected chi connectivity index (χ1v) is 7.35. The summed E-state index contributed by atoms with van der Waals surface area (Å²) in [4.78, 5) is 12.3. The van der Waals surface area contributed by atoms with E-state index in [9.17, 15) is 4.79 Å². The van der Waals surface area contributed by atoms with Crippen molar-refractivity contribution in [3.63, 3.8) is 0 Å². The van der Waals surface area contributed by atoms with Gasteiger partial charge in [-0.15, -0.1) is 5.10 Å².